The summed E-state index contributed by atoms with van der Waals surface area (Å²) in [6, 6.07) is 74.3. The van der Waals surface area contributed by atoms with Gasteiger partial charge in [-0.2, -0.15) is 0 Å². The van der Waals surface area contributed by atoms with Crippen LogP contribution in [0.25, 0.3) is 22.3 Å². The monoisotopic (exact) mass is 992 g/mol. The minimum Gasteiger partial charge on any atom is -0.354 e. The molecule has 6 N–H and O–H groups in total. The molecule has 0 spiro atoms. The molecular weight excluding hydrogens is 937 g/mol. The predicted octanol–water partition coefficient (Wildman–Crippen LogP) is 9.07. The van der Waals surface area contributed by atoms with E-state index < -0.39 is 0 Å². The molecule has 10 aromatic rings. The van der Waals surface area contributed by atoms with Crippen LogP contribution in [0, 0.1) is 0 Å². The molecule has 372 valence electrons. The molecule has 10 nitrogen and oxygen atoms in total. The molecule has 7 heterocycles. The van der Waals surface area contributed by atoms with Gasteiger partial charge in [-0.15, -0.1) is 0 Å². The number of carbonyl (C=O) groups excluding carboxylic acids is 2. The van der Waals surface area contributed by atoms with Crippen LogP contribution in [0.15, 0.2) is 218 Å². The summed E-state index contributed by atoms with van der Waals surface area (Å²) in [7, 11) is 0. The molecule has 2 fully saturated rings. The molecule has 0 radical (unpaired) electrons. The molecule has 4 aromatic heterocycles. The average Bonchev–Trinajstić information content (AvgIpc) is 4.12. The van der Waals surface area contributed by atoms with E-state index in [9.17, 15) is 9.59 Å². The van der Waals surface area contributed by atoms with Gasteiger partial charge in [0.1, 0.15) is 12.1 Å². The summed E-state index contributed by atoms with van der Waals surface area (Å²) in [6.07, 6.45) is 0. The Morgan fingerprint density at radius 2 is 0.697 bits per heavy atom. The minimum atomic E-state index is -0.334. The number of nitrogens with one attached hydrogen (secondary N) is 6. The van der Waals surface area contributed by atoms with Crippen molar-refractivity contribution in [1.82, 2.24) is 29.7 Å². The number of anilines is 2. The SMILES string of the molecule is CC(c1ccccc1)N1C[C@@H]1C(=O)Nc1cccc(NC(=O)[C@@H]2CN2C(C)c2ccccc2)c1C1=c2ccc([nH]2)=C(c2ccccc2)c2ccc([nH]2)C(c2ccccc2)=c2ccc([nH]2)=C(c2ccccc2)c2ccc1[nH]2. The van der Waals surface area contributed by atoms with Crippen molar-refractivity contribution < 1.29 is 9.59 Å². The molecular formula is C66H56N8O2. The molecule has 0 aliphatic carbocycles. The summed E-state index contributed by atoms with van der Waals surface area (Å²) in [5.41, 5.74) is 14.6. The second-order valence-corrected chi connectivity index (χ2v) is 20.0. The van der Waals surface area contributed by atoms with Crippen LogP contribution in [0.5, 0.6) is 0 Å². The van der Waals surface area contributed by atoms with Gasteiger partial charge in [0.25, 0.3) is 0 Å². The van der Waals surface area contributed by atoms with Crippen LogP contribution in [-0.4, -0.2) is 66.7 Å². The average molecular weight is 993 g/mol. The van der Waals surface area contributed by atoms with E-state index in [1.54, 1.807) is 0 Å². The Hall–Kier alpha value is -9.22. The number of amides is 2. The van der Waals surface area contributed by atoms with E-state index in [2.05, 4.69) is 200 Å². The first-order valence-electron chi connectivity index (χ1n) is 26.1. The first-order chi connectivity index (χ1) is 37.3. The summed E-state index contributed by atoms with van der Waals surface area (Å²) in [5, 5.41) is 10.4. The van der Waals surface area contributed by atoms with Crippen LogP contribution in [0.1, 0.15) is 82.1 Å². The third kappa shape index (κ3) is 8.83. The second kappa shape index (κ2) is 19.6. The Kier molecular flexibility index (Phi) is 12.0. The molecule has 6 atom stereocenters. The van der Waals surface area contributed by atoms with E-state index >= 15 is 0 Å². The molecule has 0 saturated carbocycles. The Morgan fingerprint density at radius 1 is 0.382 bits per heavy atom. The molecule has 3 aliphatic heterocycles. The number of carbonyl (C=O) groups is 2. The second-order valence-electron chi connectivity index (χ2n) is 20.0. The molecule has 76 heavy (non-hydrogen) atoms. The van der Waals surface area contributed by atoms with Crippen molar-refractivity contribution in [3.05, 3.63) is 296 Å². The lowest BCUT2D eigenvalue weighted by Gasteiger charge is -2.20. The number of aromatic amines is 4. The van der Waals surface area contributed by atoms with Gasteiger partial charge in [0.15, 0.2) is 0 Å². The highest BCUT2D eigenvalue weighted by Gasteiger charge is 2.45. The van der Waals surface area contributed by atoms with Gasteiger partial charge in [0.05, 0.1) is 11.4 Å². The number of nitrogens with zero attached hydrogens (tertiary/aromatic N) is 2. The van der Waals surface area contributed by atoms with Crippen molar-refractivity contribution in [1.29, 1.82) is 0 Å². The maximum atomic E-state index is 14.7. The molecule has 2 saturated heterocycles. The Labute approximate surface area is 440 Å². The highest BCUT2D eigenvalue weighted by Crippen LogP contribution is 2.39. The van der Waals surface area contributed by atoms with E-state index in [1.807, 2.05) is 72.8 Å². The van der Waals surface area contributed by atoms with Gasteiger partial charge in [0, 0.05) is 97.2 Å². The lowest BCUT2D eigenvalue weighted by atomic mass is 9.97. The van der Waals surface area contributed by atoms with Crippen molar-refractivity contribution in [2.45, 2.75) is 38.0 Å². The Bertz CT molecular complexity index is 3950. The lowest BCUT2D eigenvalue weighted by molar-refractivity contribution is -0.117. The summed E-state index contributed by atoms with van der Waals surface area (Å²) in [5.74, 6) is -0.219. The van der Waals surface area contributed by atoms with Crippen molar-refractivity contribution >= 4 is 45.5 Å². The van der Waals surface area contributed by atoms with Gasteiger partial charge >= 0.3 is 0 Å². The standard InChI is InChI=1S/C66H56N8O2/c1-41(43-19-8-3-9-20-43)73-39-58(73)65(75)71-48-29-18-30-49(72-66(76)59-40-74(59)42(2)44-21-10-4-11-22-44)63(48)64-56-37-35-54(69-56)61(46-25-14-6-15-26-46)52-33-31-50(67-52)60(45-23-12-5-13-24-45)51-32-34-53(68-51)62(47-27-16-7-17-28-47)55-36-38-57(64)70-55/h3-38,41-42,58-59,67-70H,39-40H2,1-2H3,(H,71,75)(H,72,76)/t41?,42?,58-,59+,73?,74?. The minimum absolute atomic E-state index is 0.0541. The molecule has 8 bridgehead atoms. The topological polar surface area (TPSA) is 127 Å². The lowest BCUT2D eigenvalue weighted by Crippen LogP contribution is -2.26. The molecule has 6 aromatic carbocycles. The normalized spacial score (nSPS) is 18.4. The van der Waals surface area contributed by atoms with E-state index in [0.29, 0.717) is 30.0 Å². The van der Waals surface area contributed by atoms with Gasteiger partial charge in [0.2, 0.25) is 11.8 Å². The number of hydrogen-bond donors (Lipinski definition) is 6. The molecule has 10 heteroatoms. The third-order valence-electron chi connectivity index (χ3n) is 15.4. The van der Waals surface area contributed by atoms with Crippen LogP contribution in [0.3, 0.4) is 0 Å². The van der Waals surface area contributed by atoms with E-state index in [4.69, 9.17) is 0 Å². The summed E-state index contributed by atoms with van der Waals surface area (Å²) < 4.78 is 0. The maximum Gasteiger partial charge on any atom is 0.243 e. The number of aromatic nitrogens is 4. The van der Waals surface area contributed by atoms with Gasteiger partial charge in [-0.1, -0.05) is 158 Å². The summed E-state index contributed by atoms with van der Waals surface area (Å²) in [6.45, 7) is 5.55. The van der Waals surface area contributed by atoms with Crippen LogP contribution < -0.4 is 32.0 Å². The Morgan fingerprint density at radius 3 is 1.05 bits per heavy atom. The fourth-order valence-corrected chi connectivity index (χ4v) is 11.3. The highest BCUT2D eigenvalue weighted by atomic mass is 16.2. The third-order valence-corrected chi connectivity index (χ3v) is 15.4. The first-order valence-corrected chi connectivity index (χ1v) is 26.1. The quantitative estimate of drug-likeness (QED) is 0.0684. The van der Waals surface area contributed by atoms with Crippen LogP contribution in [-0.2, 0) is 9.59 Å². The number of benzene rings is 6. The number of H-pyrrole nitrogens is 4. The fourth-order valence-electron chi connectivity index (χ4n) is 11.3. The van der Waals surface area contributed by atoms with E-state index in [-0.39, 0.29) is 36.0 Å². The predicted molar refractivity (Wildman–Crippen MR) is 302 cm³/mol. The smallest absolute Gasteiger partial charge is 0.243 e. The van der Waals surface area contributed by atoms with Gasteiger partial charge in [-0.05, 0) is 102 Å². The van der Waals surface area contributed by atoms with Crippen LogP contribution in [0.2, 0.25) is 0 Å². The maximum absolute atomic E-state index is 14.7. The highest BCUT2D eigenvalue weighted by molar-refractivity contribution is 6.06. The fraction of sp³-hybridized carbons (Fsp3) is 0.121. The van der Waals surface area contributed by atoms with Gasteiger partial charge in [-0.25, -0.2) is 0 Å². The summed E-state index contributed by atoms with van der Waals surface area (Å²) in [4.78, 5) is 49.4. The van der Waals surface area contributed by atoms with Crippen molar-refractivity contribution in [3.8, 4) is 0 Å². The molecule has 2 amide bonds. The van der Waals surface area contributed by atoms with Crippen molar-refractivity contribution in [3.63, 3.8) is 0 Å². The largest absolute Gasteiger partial charge is 0.354 e. The van der Waals surface area contributed by atoms with Crippen LogP contribution >= 0.6 is 0 Å². The van der Waals surface area contributed by atoms with Crippen LogP contribution in [0.4, 0.5) is 11.4 Å². The van der Waals surface area contributed by atoms with Crippen molar-refractivity contribution in [2.24, 2.45) is 0 Å². The molecule has 3 aliphatic rings. The number of fused-ring (bicyclic) bond motifs is 8. The first kappa shape index (κ1) is 46.6. The molecule has 13 rings (SSSR count). The van der Waals surface area contributed by atoms with E-state index in [1.165, 1.54) is 0 Å². The number of rotatable bonds is 12. The zero-order valence-corrected chi connectivity index (χ0v) is 42.2. The summed E-state index contributed by atoms with van der Waals surface area (Å²) >= 11 is 0. The molecule has 4 unspecified atom stereocenters. The van der Waals surface area contributed by atoms with Gasteiger partial charge in [-0.3, -0.25) is 19.4 Å². The Balaban J connectivity index is 1.03. The van der Waals surface area contributed by atoms with Gasteiger partial charge < -0.3 is 30.6 Å². The number of hydrogen-bond acceptors (Lipinski definition) is 4. The zero-order chi connectivity index (χ0) is 51.3. The zero-order valence-electron chi connectivity index (χ0n) is 42.2. The van der Waals surface area contributed by atoms with E-state index in [0.717, 1.165) is 94.3 Å². The van der Waals surface area contributed by atoms with Crippen molar-refractivity contribution in [2.75, 3.05) is 23.7 Å².